The zero-order valence-corrected chi connectivity index (χ0v) is 12.0. The van der Waals surface area contributed by atoms with Crippen LogP contribution in [0.1, 0.15) is 25.8 Å². The van der Waals surface area contributed by atoms with Crippen LogP contribution in [0.3, 0.4) is 0 Å². The summed E-state index contributed by atoms with van der Waals surface area (Å²) in [5, 5.41) is 14.7. The molecule has 2 aromatic carbocycles. The summed E-state index contributed by atoms with van der Waals surface area (Å²) in [4.78, 5) is 10.9. The molecule has 0 aliphatic rings. The van der Waals surface area contributed by atoms with E-state index in [4.69, 9.17) is 5.11 Å². The molecule has 0 aromatic heterocycles. The summed E-state index contributed by atoms with van der Waals surface area (Å²) < 4.78 is 0. The zero-order valence-electron chi connectivity index (χ0n) is 12.0. The van der Waals surface area contributed by atoms with Crippen molar-refractivity contribution in [3.8, 4) is 0 Å². The summed E-state index contributed by atoms with van der Waals surface area (Å²) in [7, 11) is 0. The predicted molar refractivity (Wildman–Crippen MR) is 81.7 cm³/mol. The van der Waals surface area contributed by atoms with Crippen molar-refractivity contribution in [2.75, 3.05) is 0 Å². The van der Waals surface area contributed by atoms with Gasteiger partial charge in [0.25, 0.3) is 0 Å². The molecule has 0 aliphatic heterocycles. The van der Waals surface area contributed by atoms with Crippen LogP contribution in [0.15, 0.2) is 42.5 Å². The van der Waals surface area contributed by atoms with E-state index in [9.17, 15) is 4.79 Å². The minimum Gasteiger partial charge on any atom is -0.481 e. The lowest BCUT2D eigenvalue weighted by Gasteiger charge is -2.20. The maximum absolute atomic E-state index is 10.9. The Morgan fingerprint density at radius 2 is 1.85 bits per heavy atom. The lowest BCUT2D eigenvalue weighted by molar-refractivity contribution is -0.137. The summed E-state index contributed by atoms with van der Waals surface area (Å²) in [6.45, 7) is 4.78. The van der Waals surface area contributed by atoms with Crippen LogP contribution >= 0.6 is 0 Å². The number of benzene rings is 2. The molecule has 1 atom stereocenters. The molecule has 106 valence electrons. The van der Waals surface area contributed by atoms with Crippen molar-refractivity contribution in [2.45, 2.75) is 32.9 Å². The Bertz CT molecular complexity index is 592. The van der Waals surface area contributed by atoms with Gasteiger partial charge in [-0.15, -0.1) is 0 Å². The molecule has 0 fully saturated rings. The van der Waals surface area contributed by atoms with Gasteiger partial charge >= 0.3 is 5.97 Å². The average Bonchev–Trinajstić information content (AvgIpc) is 2.42. The van der Waals surface area contributed by atoms with E-state index in [0.29, 0.717) is 12.5 Å². The van der Waals surface area contributed by atoms with Crippen molar-refractivity contribution in [1.82, 2.24) is 5.32 Å². The molecule has 0 aliphatic carbocycles. The smallest absolute Gasteiger partial charge is 0.304 e. The Kier molecular flexibility index (Phi) is 4.74. The average molecular weight is 271 g/mol. The summed E-state index contributed by atoms with van der Waals surface area (Å²) in [6, 6.07) is 14.6. The maximum Gasteiger partial charge on any atom is 0.304 e. The summed E-state index contributed by atoms with van der Waals surface area (Å²) in [5.74, 6) is -0.457. The fourth-order valence-electron chi connectivity index (χ4n) is 2.33. The topological polar surface area (TPSA) is 49.3 Å². The maximum atomic E-state index is 10.9. The molecule has 0 saturated heterocycles. The highest BCUT2D eigenvalue weighted by molar-refractivity contribution is 5.82. The number of fused-ring (bicyclic) bond motifs is 1. The Labute approximate surface area is 119 Å². The second-order valence-corrected chi connectivity index (χ2v) is 5.51. The fraction of sp³-hybridized carbons (Fsp3) is 0.353. The molecule has 2 rings (SSSR count). The molecule has 0 heterocycles. The minimum atomic E-state index is -0.755. The van der Waals surface area contributed by atoms with Gasteiger partial charge in [0.05, 0.1) is 6.42 Å². The van der Waals surface area contributed by atoms with Gasteiger partial charge in [-0.2, -0.15) is 0 Å². The fourth-order valence-corrected chi connectivity index (χ4v) is 2.33. The summed E-state index contributed by atoms with van der Waals surface area (Å²) in [6.07, 6.45) is 0.158. The minimum absolute atomic E-state index is 0.000953. The molecular weight excluding hydrogens is 250 g/mol. The first-order valence-corrected chi connectivity index (χ1v) is 6.99. The molecule has 0 amide bonds. The van der Waals surface area contributed by atoms with E-state index in [1.807, 2.05) is 26.0 Å². The van der Waals surface area contributed by atoms with Gasteiger partial charge in [0.15, 0.2) is 0 Å². The number of nitrogens with one attached hydrogen (secondary N) is 1. The number of hydrogen-bond acceptors (Lipinski definition) is 2. The van der Waals surface area contributed by atoms with E-state index in [1.165, 1.54) is 16.3 Å². The second kappa shape index (κ2) is 6.53. The molecule has 0 saturated carbocycles. The Balaban J connectivity index is 2.05. The largest absolute Gasteiger partial charge is 0.481 e. The van der Waals surface area contributed by atoms with Crippen LogP contribution in [0.5, 0.6) is 0 Å². The Morgan fingerprint density at radius 3 is 2.50 bits per heavy atom. The third-order valence-corrected chi connectivity index (χ3v) is 3.58. The molecule has 0 spiro atoms. The van der Waals surface area contributed by atoms with Crippen LogP contribution in [0.25, 0.3) is 10.8 Å². The summed E-state index contributed by atoms with van der Waals surface area (Å²) in [5.41, 5.74) is 1.18. The van der Waals surface area contributed by atoms with E-state index in [-0.39, 0.29) is 12.5 Å². The number of hydrogen-bond donors (Lipinski definition) is 2. The van der Waals surface area contributed by atoms with Gasteiger partial charge < -0.3 is 10.4 Å². The van der Waals surface area contributed by atoms with Gasteiger partial charge in [-0.05, 0) is 28.3 Å². The van der Waals surface area contributed by atoms with Crippen molar-refractivity contribution < 1.29 is 9.90 Å². The molecular formula is C17H21NO2. The highest BCUT2D eigenvalue weighted by Gasteiger charge is 2.16. The Hall–Kier alpha value is -1.87. The molecule has 0 bridgehead atoms. The molecule has 0 radical (unpaired) electrons. The van der Waals surface area contributed by atoms with Crippen molar-refractivity contribution in [3.05, 3.63) is 48.0 Å². The molecule has 2 aromatic rings. The lowest BCUT2D eigenvalue weighted by Crippen LogP contribution is -2.35. The van der Waals surface area contributed by atoms with Gasteiger partial charge in [0, 0.05) is 12.6 Å². The first-order valence-electron chi connectivity index (χ1n) is 6.99. The van der Waals surface area contributed by atoms with Crippen LogP contribution in [0.4, 0.5) is 0 Å². The number of carboxylic acids is 1. The predicted octanol–water partition coefficient (Wildman–Crippen LogP) is 3.43. The van der Waals surface area contributed by atoms with Crippen molar-refractivity contribution in [1.29, 1.82) is 0 Å². The van der Waals surface area contributed by atoms with Gasteiger partial charge in [0.1, 0.15) is 0 Å². The van der Waals surface area contributed by atoms with Gasteiger partial charge in [-0.3, -0.25) is 4.79 Å². The normalized spacial score (nSPS) is 12.8. The Morgan fingerprint density at radius 1 is 1.15 bits per heavy atom. The number of carboxylic acid groups (broad SMARTS) is 1. The van der Waals surface area contributed by atoms with Gasteiger partial charge in [-0.1, -0.05) is 50.2 Å². The quantitative estimate of drug-likeness (QED) is 0.846. The third-order valence-electron chi connectivity index (χ3n) is 3.58. The van der Waals surface area contributed by atoms with Gasteiger partial charge in [-0.25, -0.2) is 0 Å². The summed E-state index contributed by atoms with van der Waals surface area (Å²) >= 11 is 0. The SMILES string of the molecule is CC(C)[C@@H](CC(=O)O)NCc1ccc2ccccc2c1. The van der Waals surface area contributed by atoms with Crippen LogP contribution in [-0.4, -0.2) is 17.1 Å². The standard InChI is InChI=1S/C17H21NO2/c1-12(2)16(10-17(19)20)18-11-13-7-8-14-5-3-4-6-15(14)9-13/h3-9,12,16,18H,10-11H2,1-2H3,(H,19,20)/t16-/m1/s1. The number of carbonyl (C=O) groups is 1. The second-order valence-electron chi connectivity index (χ2n) is 5.51. The van der Waals surface area contributed by atoms with E-state index in [2.05, 4.69) is 35.6 Å². The van der Waals surface area contributed by atoms with Crippen molar-refractivity contribution >= 4 is 16.7 Å². The molecule has 3 heteroatoms. The third kappa shape index (κ3) is 3.81. The first kappa shape index (κ1) is 14.5. The molecule has 2 N–H and O–H groups in total. The highest BCUT2D eigenvalue weighted by Crippen LogP contribution is 2.16. The van der Waals surface area contributed by atoms with Crippen molar-refractivity contribution in [3.63, 3.8) is 0 Å². The number of rotatable bonds is 6. The van der Waals surface area contributed by atoms with Crippen LogP contribution in [0, 0.1) is 5.92 Å². The van der Waals surface area contributed by atoms with E-state index in [0.717, 1.165) is 0 Å². The van der Waals surface area contributed by atoms with E-state index >= 15 is 0 Å². The lowest BCUT2D eigenvalue weighted by atomic mass is 10.0. The van der Waals surface area contributed by atoms with Gasteiger partial charge in [0.2, 0.25) is 0 Å². The zero-order chi connectivity index (χ0) is 14.5. The van der Waals surface area contributed by atoms with Crippen LogP contribution < -0.4 is 5.32 Å². The molecule has 0 unspecified atom stereocenters. The molecule has 3 nitrogen and oxygen atoms in total. The first-order chi connectivity index (χ1) is 9.56. The monoisotopic (exact) mass is 271 g/mol. The molecule has 20 heavy (non-hydrogen) atoms. The van der Waals surface area contributed by atoms with Crippen LogP contribution in [0.2, 0.25) is 0 Å². The van der Waals surface area contributed by atoms with Crippen LogP contribution in [-0.2, 0) is 11.3 Å². The van der Waals surface area contributed by atoms with Crippen molar-refractivity contribution in [2.24, 2.45) is 5.92 Å². The van der Waals surface area contributed by atoms with E-state index < -0.39 is 5.97 Å². The highest BCUT2D eigenvalue weighted by atomic mass is 16.4. The number of aliphatic carboxylic acids is 1. The van der Waals surface area contributed by atoms with E-state index in [1.54, 1.807) is 0 Å².